The third-order valence-corrected chi connectivity index (χ3v) is 4.02. The van der Waals surface area contributed by atoms with Crippen molar-refractivity contribution in [2.24, 2.45) is 0 Å². The molecule has 0 aromatic heterocycles. The topological polar surface area (TPSA) is 145 Å². The molecule has 8 nitrogen and oxygen atoms in total. The fraction of sp³-hybridized carbons (Fsp3) is 0.250. The van der Waals surface area contributed by atoms with Crippen LogP contribution in [0.25, 0.3) is 0 Å². The Bertz CT molecular complexity index is 675. The number of rotatable bonds is 7. The second kappa shape index (κ2) is 6.83. The standard InChI is InChI=1S/C12H12N2O6S/c13-7-8-1-3-9(4-2-8)21(19,20)14-10(12(17)18)5-6-11(15)16/h1-4,10,14H,5-6H2,(H,15,16)(H,17,18). The van der Waals surface area contributed by atoms with Crippen LogP contribution in [0.15, 0.2) is 29.2 Å². The Labute approximate surface area is 120 Å². The van der Waals surface area contributed by atoms with Gasteiger partial charge in [0, 0.05) is 6.42 Å². The summed E-state index contributed by atoms with van der Waals surface area (Å²) in [5.74, 6) is -2.69. The van der Waals surface area contributed by atoms with E-state index in [9.17, 15) is 18.0 Å². The fourth-order valence-corrected chi connectivity index (χ4v) is 2.69. The number of hydrogen-bond acceptors (Lipinski definition) is 5. The summed E-state index contributed by atoms with van der Waals surface area (Å²) in [6.45, 7) is 0. The summed E-state index contributed by atoms with van der Waals surface area (Å²) >= 11 is 0. The molecule has 1 aromatic rings. The Morgan fingerprint density at radius 3 is 2.24 bits per heavy atom. The normalized spacial score (nSPS) is 12.3. The molecule has 0 radical (unpaired) electrons. The Morgan fingerprint density at radius 2 is 1.81 bits per heavy atom. The summed E-state index contributed by atoms with van der Waals surface area (Å²) in [6.07, 6.45) is -0.854. The number of carboxylic acids is 2. The smallest absolute Gasteiger partial charge is 0.321 e. The van der Waals surface area contributed by atoms with Crippen molar-refractivity contribution >= 4 is 22.0 Å². The van der Waals surface area contributed by atoms with Gasteiger partial charge >= 0.3 is 11.9 Å². The first-order chi connectivity index (χ1) is 9.76. The van der Waals surface area contributed by atoms with Crippen LogP contribution in [-0.4, -0.2) is 36.6 Å². The van der Waals surface area contributed by atoms with Crippen LogP contribution < -0.4 is 4.72 Å². The minimum atomic E-state index is -4.11. The lowest BCUT2D eigenvalue weighted by Crippen LogP contribution is -2.41. The summed E-state index contributed by atoms with van der Waals surface area (Å²) < 4.78 is 25.9. The molecule has 0 aliphatic carbocycles. The molecule has 1 unspecified atom stereocenters. The van der Waals surface area contributed by atoms with E-state index in [0.717, 1.165) is 12.1 Å². The van der Waals surface area contributed by atoms with Crippen molar-refractivity contribution in [3.05, 3.63) is 29.8 Å². The molecule has 0 aliphatic heterocycles. The highest BCUT2D eigenvalue weighted by Crippen LogP contribution is 2.12. The second-order valence-electron chi connectivity index (χ2n) is 4.08. The first-order valence-electron chi connectivity index (χ1n) is 5.73. The van der Waals surface area contributed by atoms with Gasteiger partial charge in [-0.25, -0.2) is 8.42 Å². The molecule has 1 aromatic carbocycles. The van der Waals surface area contributed by atoms with Gasteiger partial charge in [0.1, 0.15) is 6.04 Å². The van der Waals surface area contributed by atoms with Crippen LogP contribution in [-0.2, 0) is 19.6 Å². The summed E-state index contributed by atoms with van der Waals surface area (Å²) in [5, 5.41) is 26.1. The maximum Gasteiger partial charge on any atom is 0.321 e. The molecule has 0 aliphatic rings. The zero-order valence-electron chi connectivity index (χ0n) is 10.7. The molecule has 0 saturated heterocycles. The molecule has 112 valence electrons. The van der Waals surface area contributed by atoms with E-state index in [1.54, 1.807) is 0 Å². The van der Waals surface area contributed by atoms with E-state index in [1.165, 1.54) is 12.1 Å². The number of carbonyl (C=O) groups is 2. The van der Waals surface area contributed by atoms with Gasteiger partial charge in [0.05, 0.1) is 16.5 Å². The molecular formula is C12H12N2O6S. The molecular weight excluding hydrogens is 300 g/mol. The highest BCUT2D eigenvalue weighted by atomic mass is 32.2. The fourth-order valence-electron chi connectivity index (χ4n) is 1.46. The van der Waals surface area contributed by atoms with E-state index in [4.69, 9.17) is 15.5 Å². The number of hydrogen-bond donors (Lipinski definition) is 3. The Morgan fingerprint density at radius 1 is 1.24 bits per heavy atom. The van der Waals surface area contributed by atoms with Crippen LogP contribution in [0.4, 0.5) is 0 Å². The average Bonchev–Trinajstić information content (AvgIpc) is 2.43. The van der Waals surface area contributed by atoms with Gasteiger partial charge in [-0.2, -0.15) is 9.98 Å². The van der Waals surface area contributed by atoms with Crippen molar-refractivity contribution in [2.45, 2.75) is 23.8 Å². The first-order valence-corrected chi connectivity index (χ1v) is 7.21. The quantitative estimate of drug-likeness (QED) is 0.650. The summed E-state index contributed by atoms with van der Waals surface area (Å²) in [7, 11) is -4.11. The third kappa shape index (κ3) is 4.87. The zero-order chi connectivity index (χ0) is 16.0. The Balaban J connectivity index is 2.92. The lowest BCUT2D eigenvalue weighted by Gasteiger charge is -2.13. The minimum Gasteiger partial charge on any atom is -0.481 e. The van der Waals surface area contributed by atoms with Crippen molar-refractivity contribution in [1.82, 2.24) is 4.72 Å². The molecule has 0 amide bonds. The second-order valence-corrected chi connectivity index (χ2v) is 5.79. The predicted octanol–water partition coefficient (Wildman–Crippen LogP) is 0.155. The number of aliphatic carboxylic acids is 2. The van der Waals surface area contributed by atoms with E-state index in [2.05, 4.69) is 0 Å². The molecule has 0 spiro atoms. The van der Waals surface area contributed by atoms with Gasteiger partial charge in [-0.15, -0.1) is 0 Å². The Hall–Kier alpha value is -2.44. The predicted molar refractivity (Wildman–Crippen MR) is 69.8 cm³/mol. The SMILES string of the molecule is N#Cc1ccc(S(=O)(=O)NC(CCC(=O)O)C(=O)O)cc1. The van der Waals surface area contributed by atoms with E-state index in [1.807, 2.05) is 10.8 Å². The first kappa shape index (κ1) is 16.6. The van der Waals surface area contributed by atoms with Gasteiger partial charge in [0.15, 0.2) is 0 Å². The lowest BCUT2D eigenvalue weighted by atomic mass is 10.2. The van der Waals surface area contributed by atoms with Gasteiger partial charge in [0.25, 0.3) is 0 Å². The van der Waals surface area contributed by atoms with Crippen molar-refractivity contribution < 1.29 is 28.2 Å². The van der Waals surface area contributed by atoms with E-state index in [-0.39, 0.29) is 16.9 Å². The summed E-state index contributed by atoms with van der Waals surface area (Å²) in [6, 6.07) is 5.17. The molecule has 3 N–H and O–H groups in total. The monoisotopic (exact) mass is 312 g/mol. The molecule has 0 bridgehead atoms. The summed E-state index contributed by atoms with van der Waals surface area (Å²) in [5.41, 5.74) is 0.259. The van der Waals surface area contributed by atoms with Gasteiger partial charge in [-0.05, 0) is 30.7 Å². The van der Waals surface area contributed by atoms with Gasteiger partial charge < -0.3 is 10.2 Å². The summed E-state index contributed by atoms with van der Waals surface area (Å²) in [4.78, 5) is 21.2. The molecule has 1 rings (SSSR count). The van der Waals surface area contributed by atoms with Gasteiger partial charge in [-0.3, -0.25) is 9.59 Å². The van der Waals surface area contributed by atoms with Crippen molar-refractivity contribution in [2.75, 3.05) is 0 Å². The molecule has 21 heavy (non-hydrogen) atoms. The van der Waals surface area contributed by atoms with E-state index < -0.39 is 34.4 Å². The highest BCUT2D eigenvalue weighted by molar-refractivity contribution is 7.89. The Kier molecular flexibility index (Phi) is 5.40. The van der Waals surface area contributed by atoms with Gasteiger partial charge in [0.2, 0.25) is 10.0 Å². The molecule has 1 atom stereocenters. The van der Waals surface area contributed by atoms with Crippen molar-refractivity contribution in [1.29, 1.82) is 5.26 Å². The van der Waals surface area contributed by atoms with E-state index in [0.29, 0.717) is 0 Å². The average molecular weight is 312 g/mol. The maximum atomic E-state index is 12.0. The maximum absolute atomic E-state index is 12.0. The van der Waals surface area contributed by atoms with Crippen LogP contribution in [0.5, 0.6) is 0 Å². The largest absolute Gasteiger partial charge is 0.481 e. The van der Waals surface area contributed by atoms with Crippen LogP contribution in [0.3, 0.4) is 0 Å². The highest BCUT2D eigenvalue weighted by Gasteiger charge is 2.25. The number of carboxylic acid groups (broad SMARTS) is 2. The number of nitrogens with one attached hydrogen (secondary N) is 1. The van der Waals surface area contributed by atoms with Crippen LogP contribution in [0, 0.1) is 11.3 Å². The molecule has 0 saturated carbocycles. The number of benzene rings is 1. The molecule has 0 fully saturated rings. The van der Waals surface area contributed by atoms with Crippen molar-refractivity contribution in [3.8, 4) is 6.07 Å². The minimum absolute atomic E-state index is 0.205. The van der Waals surface area contributed by atoms with Crippen molar-refractivity contribution in [3.63, 3.8) is 0 Å². The van der Waals surface area contributed by atoms with Crippen LogP contribution >= 0.6 is 0 Å². The van der Waals surface area contributed by atoms with Crippen LogP contribution in [0.1, 0.15) is 18.4 Å². The zero-order valence-corrected chi connectivity index (χ0v) is 11.5. The number of sulfonamides is 1. The van der Waals surface area contributed by atoms with Crippen LogP contribution in [0.2, 0.25) is 0 Å². The molecule has 0 heterocycles. The number of nitriles is 1. The third-order valence-electron chi connectivity index (χ3n) is 2.54. The van der Waals surface area contributed by atoms with E-state index >= 15 is 0 Å². The molecule has 9 heteroatoms. The lowest BCUT2D eigenvalue weighted by molar-refractivity contribution is -0.140. The number of nitrogens with zero attached hydrogens (tertiary/aromatic N) is 1. The van der Waals surface area contributed by atoms with Gasteiger partial charge in [-0.1, -0.05) is 0 Å².